The molecule has 21 heavy (non-hydrogen) atoms. The summed E-state index contributed by atoms with van der Waals surface area (Å²) in [4.78, 5) is 3.81. The molecule has 7 heteroatoms. The number of nitrogens with one attached hydrogen (secondary N) is 1. The topological polar surface area (TPSA) is 24.9 Å². The number of thiazole rings is 1. The summed E-state index contributed by atoms with van der Waals surface area (Å²) in [5.74, 6) is -0.396. The van der Waals surface area contributed by atoms with Gasteiger partial charge in [-0.25, -0.2) is 9.37 Å². The number of hydrogen-bond acceptors (Lipinski definition) is 3. The van der Waals surface area contributed by atoms with Crippen LogP contribution < -0.4 is 5.32 Å². The smallest absolute Gasteiger partial charge is 0.310 e. The summed E-state index contributed by atoms with van der Waals surface area (Å²) >= 11 is 0.576. The predicted octanol–water partition coefficient (Wildman–Crippen LogP) is 4.22. The fourth-order valence-corrected chi connectivity index (χ4v) is 2.86. The van der Waals surface area contributed by atoms with Gasteiger partial charge in [0.15, 0.2) is 5.01 Å². The molecule has 3 rings (SSSR count). The minimum absolute atomic E-state index is 0.396. The Bertz CT molecular complexity index is 647. The molecule has 0 saturated heterocycles. The van der Waals surface area contributed by atoms with Gasteiger partial charge < -0.3 is 5.32 Å². The van der Waals surface area contributed by atoms with E-state index in [1.54, 1.807) is 0 Å². The maximum Gasteiger partial charge on any atom is 0.443 e. The lowest BCUT2D eigenvalue weighted by Gasteiger charge is -2.09. The van der Waals surface area contributed by atoms with E-state index in [1.807, 2.05) is 0 Å². The fraction of sp³-hybridized carbons (Fsp3) is 0.357. The molecule has 0 aliphatic heterocycles. The molecule has 1 aliphatic carbocycles. The molecule has 1 saturated carbocycles. The van der Waals surface area contributed by atoms with E-state index in [0.29, 0.717) is 39.9 Å². The summed E-state index contributed by atoms with van der Waals surface area (Å²) < 4.78 is 51.2. The van der Waals surface area contributed by atoms with Gasteiger partial charge in [0.2, 0.25) is 0 Å². The molecule has 2 nitrogen and oxygen atoms in total. The number of hydrogen-bond donors (Lipinski definition) is 1. The molecule has 1 aromatic carbocycles. The first kappa shape index (κ1) is 14.5. The van der Waals surface area contributed by atoms with E-state index >= 15 is 0 Å². The molecule has 0 amide bonds. The highest BCUT2D eigenvalue weighted by atomic mass is 32.1. The molecular weight excluding hydrogens is 304 g/mol. The first-order valence-corrected chi connectivity index (χ1v) is 7.30. The van der Waals surface area contributed by atoms with Crippen molar-refractivity contribution in [1.82, 2.24) is 10.3 Å². The summed E-state index contributed by atoms with van der Waals surface area (Å²) in [6.45, 7) is 0.441. The second-order valence-electron chi connectivity index (χ2n) is 4.98. The molecule has 1 heterocycles. The second-order valence-corrected chi connectivity index (χ2v) is 6.01. The summed E-state index contributed by atoms with van der Waals surface area (Å²) in [6, 6.07) is 4.56. The van der Waals surface area contributed by atoms with Crippen LogP contribution in [0.4, 0.5) is 17.6 Å². The van der Waals surface area contributed by atoms with Crippen LogP contribution >= 0.6 is 11.3 Å². The number of nitrogens with zero attached hydrogens (tertiary/aromatic N) is 1. The monoisotopic (exact) mass is 316 g/mol. The quantitative estimate of drug-likeness (QED) is 0.854. The first-order valence-electron chi connectivity index (χ1n) is 6.48. The van der Waals surface area contributed by atoms with Crippen molar-refractivity contribution in [3.05, 3.63) is 40.8 Å². The zero-order valence-corrected chi connectivity index (χ0v) is 11.7. The van der Waals surface area contributed by atoms with Crippen molar-refractivity contribution in [3.8, 4) is 10.4 Å². The van der Waals surface area contributed by atoms with E-state index in [9.17, 15) is 17.6 Å². The van der Waals surface area contributed by atoms with E-state index in [1.165, 1.54) is 24.4 Å². The maximum absolute atomic E-state index is 13.4. The van der Waals surface area contributed by atoms with Gasteiger partial charge in [-0.15, -0.1) is 11.3 Å². The fourth-order valence-electron chi connectivity index (χ4n) is 2.02. The molecule has 1 aliphatic rings. The van der Waals surface area contributed by atoms with Crippen LogP contribution in [0, 0.1) is 5.82 Å². The minimum atomic E-state index is -4.45. The Labute approximate surface area is 122 Å². The molecule has 0 spiro atoms. The first-order chi connectivity index (χ1) is 9.93. The normalized spacial score (nSPS) is 15.4. The highest BCUT2D eigenvalue weighted by molar-refractivity contribution is 7.15. The number of alkyl halides is 3. The zero-order valence-electron chi connectivity index (χ0n) is 10.9. The van der Waals surface area contributed by atoms with E-state index in [-0.39, 0.29) is 0 Å². The van der Waals surface area contributed by atoms with Crippen molar-refractivity contribution in [1.29, 1.82) is 0 Å². The molecule has 0 unspecified atom stereocenters. The molecular formula is C14H12F4N2S. The minimum Gasteiger partial charge on any atom is -0.310 e. The van der Waals surface area contributed by atoms with Gasteiger partial charge in [-0.3, -0.25) is 0 Å². The summed E-state index contributed by atoms with van der Waals surface area (Å²) in [5, 5.41) is 2.36. The van der Waals surface area contributed by atoms with Crippen LogP contribution in [0.15, 0.2) is 24.4 Å². The highest BCUT2D eigenvalue weighted by Crippen LogP contribution is 2.37. The molecule has 0 radical (unpaired) electrons. The standard InChI is InChI=1S/C14H12F4N2S/c15-9-1-4-11(8(5-9)6-19-10-2-3-10)12-7-20-13(21-12)14(16,17)18/h1,4-5,7,10,19H,2-3,6H2. The highest BCUT2D eigenvalue weighted by Gasteiger charge is 2.34. The Kier molecular flexibility index (Phi) is 3.71. The van der Waals surface area contributed by atoms with E-state index in [2.05, 4.69) is 10.3 Å². The van der Waals surface area contributed by atoms with Crippen LogP contribution in [-0.2, 0) is 12.7 Å². The van der Waals surface area contributed by atoms with Gasteiger partial charge in [-0.05, 0) is 36.1 Å². The molecule has 2 aromatic rings. The molecule has 0 atom stereocenters. The Morgan fingerprint density at radius 2 is 2.05 bits per heavy atom. The van der Waals surface area contributed by atoms with Crippen LogP contribution in [0.5, 0.6) is 0 Å². The van der Waals surface area contributed by atoms with Crippen LogP contribution in [0.3, 0.4) is 0 Å². The van der Waals surface area contributed by atoms with Gasteiger partial charge in [0.1, 0.15) is 5.82 Å². The van der Waals surface area contributed by atoms with Gasteiger partial charge in [0.25, 0.3) is 0 Å². The van der Waals surface area contributed by atoms with E-state index in [4.69, 9.17) is 0 Å². The maximum atomic E-state index is 13.4. The zero-order chi connectivity index (χ0) is 15.0. The summed E-state index contributed by atoms with van der Waals surface area (Å²) in [6.07, 6.45) is -1.08. The van der Waals surface area contributed by atoms with Crippen LogP contribution in [0.1, 0.15) is 23.4 Å². The Morgan fingerprint density at radius 3 is 2.67 bits per heavy atom. The van der Waals surface area contributed by atoms with Crippen molar-refractivity contribution >= 4 is 11.3 Å². The molecule has 1 fully saturated rings. The average molecular weight is 316 g/mol. The van der Waals surface area contributed by atoms with Gasteiger partial charge in [0, 0.05) is 18.8 Å². The molecule has 0 bridgehead atoms. The lowest BCUT2D eigenvalue weighted by molar-refractivity contribution is -0.137. The van der Waals surface area contributed by atoms with Gasteiger partial charge in [0.05, 0.1) is 4.88 Å². The third-order valence-corrected chi connectivity index (χ3v) is 4.31. The molecule has 112 valence electrons. The van der Waals surface area contributed by atoms with Crippen LogP contribution in [-0.4, -0.2) is 11.0 Å². The number of halogens is 4. The Hall–Kier alpha value is -1.47. The summed E-state index contributed by atoms with van der Waals surface area (Å²) in [7, 11) is 0. The molecule has 1 N–H and O–H groups in total. The largest absolute Gasteiger partial charge is 0.443 e. The second kappa shape index (κ2) is 5.38. The van der Waals surface area contributed by atoms with E-state index < -0.39 is 17.0 Å². The molecule has 1 aromatic heterocycles. The third kappa shape index (κ3) is 3.41. The Morgan fingerprint density at radius 1 is 1.29 bits per heavy atom. The van der Waals surface area contributed by atoms with E-state index in [0.717, 1.165) is 12.8 Å². The lowest BCUT2D eigenvalue weighted by Crippen LogP contribution is -2.16. The van der Waals surface area contributed by atoms with Crippen LogP contribution in [0.2, 0.25) is 0 Å². The van der Waals surface area contributed by atoms with Crippen molar-refractivity contribution in [2.45, 2.75) is 31.6 Å². The van der Waals surface area contributed by atoms with Gasteiger partial charge in [-0.1, -0.05) is 6.07 Å². The van der Waals surface area contributed by atoms with Crippen molar-refractivity contribution in [2.24, 2.45) is 0 Å². The number of rotatable bonds is 4. The third-order valence-electron chi connectivity index (χ3n) is 3.24. The number of aromatic nitrogens is 1. The lowest BCUT2D eigenvalue weighted by atomic mass is 10.1. The Balaban J connectivity index is 1.90. The van der Waals surface area contributed by atoms with Gasteiger partial charge in [-0.2, -0.15) is 13.2 Å². The summed E-state index contributed by atoms with van der Waals surface area (Å²) in [5.41, 5.74) is 1.25. The SMILES string of the molecule is Fc1ccc(-c2cnc(C(F)(F)F)s2)c(CNC2CC2)c1. The van der Waals surface area contributed by atoms with Crippen molar-refractivity contribution in [2.75, 3.05) is 0 Å². The number of benzene rings is 1. The van der Waals surface area contributed by atoms with Crippen molar-refractivity contribution in [3.63, 3.8) is 0 Å². The van der Waals surface area contributed by atoms with Gasteiger partial charge >= 0.3 is 6.18 Å². The van der Waals surface area contributed by atoms with Crippen molar-refractivity contribution < 1.29 is 17.6 Å². The predicted molar refractivity (Wildman–Crippen MR) is 72.4 cm³/mol. The van der Waals surface area contributed by atoms with Crippen LogP contribution in [0.25, 0.3) is 10.4 Å². The average Bonchev–Trinajstić information content (AvgIpc) is 3.10.